The number of aryl methyl sites for hydroxylation is 2. The fourth-order valence-corrected chi connectivity index (χ4v) is 3.72. The van der Waals surface area contributed by atoms with Gasteiger partial charge in [0, 0.05) is 29.8 Å². The molecule has 0 unspecified atom stereocenters. The summed E-state index contributed by atoms with van der Waals surface area (Å²) in [4.78, 5) is 25.6. The third-order valence-corrected chi connectivity index (χ3v) is 5.13. The molecule has 0 spiro atoms. The van der Waals surface area contributed by atoms with Crippen molar-refractivity contribution in [2.45, 2.75) is 24.0 Å². The van der Waals surface area contributed by atoms with Gasteiger partial charge in [-0.15, -0.1) is 11.8 Å². The number of hydrogen-bond donors (Lipinski definition) is 1. The molecular formula is C19H20FN3O2S. The van der Waals surface area contributed by atoms with E-state index in [9.17, 15) is 14.0 Å². The number of aromatic nitrogens is 2. The number of amides is 1. The molecule has 0 bridgehead atoms. The van der Waals surface area contributed by atoms with Crippen molar-refractivity contribution in [2.24, 2.45) is 14.1 Å². The Kier molecular flexibility index (Phi) is 4.91. The lowest BCUT2D eigenvalue weighted by atomic mass is 10.2. The van der Waals surface area contributed by atoms with Crippen LogP contribution in [0.1, 0.15) is 24.2 Å². The molecule has 0 fully saturated rings. The van der Waals surface area contributed by atoms with Crippen molar-refractivity contribution in [1.29, 1.82) is 0 Å². The second kappa shape index (κ2) is 6.99. The fourth-order valence-electron chi connectivity index (χ4n) is 2.80. The van der Waals surface area contributed by atoms with Gasteiger partial charge in [0.05, 0.1) is 16.7 Å². The van der Waals surface area contributed by atoms with Crippen LogP contribution in [0, 0.1) is 5.82 Å². The first-order chi connectivity index (χ1) is 12.3. The number of rotatable bonds is 4. The first kappa shape index (κ1) is 18.3. The Morgan fingerprint density at radius 3 is 2.38 bits per heavy atom. The minimum atomic E-state index is -0.463. The highest BCUT2D eigenvalue weighted by Gasteiger charge is 2.16. The van der Waals surface area contributed by atoms with E-state index in [1.165, 1.54) is 22.8 Å². The Bertz CT molecular complexity index is 1050. The molecular weight excluding hydrogens is 353 g/mol. The molecule has 136 valence electrons. The third-order valence-electron chi connectivity index (χ3n) is 4.07. The molecule has 0 saturated carbocycles. The highest BCUT2D eigenvalue weighted by Crippen LogP contribution is 2.34. The van der Waals surface area contributed by atoms with Gasteiger partial charge < -0.3 is 5.32 Å². The molecule has 1 amide bonds. The van der Waals surface area contributed by atoms with Gasteiger partial charge in [-0.3, -0.25) is 13.9 Å². The predicted octanol–water partition coefficient (Wildman–Crippen LogP) is 3.77. The van der Waals surface area contributed by atoms with E-state index in [2.05, 4.69) is 19.2 Å². The van der Waals surface area contributed by atoms with E-state index >= 15 is 0 Å². The topological polar surface area (TPSA) is 56.0 Å². The molecule has 7 heteroatoms. The van der Waals surface area contributed by atoms with Crippen molar-refractivity contribution in [3.8, 4) is 0 Å². The minimum absolute atomic E-state index is 0.130. The molecule has 3 aromatic rings. The summed E-state index contributed by atoms with van der Waals surface area (Å²) in [6, 6.07) is 9.24. The second-order valence-corrected chi connectivity index (χ2v) is 7.99. The number of fused-ring (bicyclic) bond motifs is 1. The van der Waals surface area contributed by atoms with Crippen LogP contribution in [0.3, 0.4) is 0 Å². The van der Waals surface area contributed by atoms with Gasteiger partial charge in [-0.1, -0.05) is 19.9 Å². The molecule has 0 atom stereocenters. The normalized spacial score (nSPS) is 11.3. The van der Waals surface area contributed by atoms with Crippen molar-refractivity contribution in [3.63, 3.8) is 0 Å². The fraction of sp³-hybridized carbons (Fsp3) is 0.263. The van der Waals surface area contributed by atoms with E-state index in [4.69, 9.17) is 0 Å². The van der Waals surface area contributed by atoms with Gasteiger partial charge in [-0.2, -0.15) is 0 Å². The molecule has 1 heterocycles. The average Bonchev–Trinajstić information content (AvgIpc) is 2.79. The van der Waals surface area contributed by atoms with Crippen molar-refractivity contribution in [3.05, 3.63) is 58.3 Å². The largest absolute Gasteiger partial charge is 0.328 e. The number of nitrogens with zero attached hydrogens (tertiary/aromatic N) is 2. The molecule has 0 aliphatic carbocycles. The van der Waals surface area contributed by atoms with Gasteiger partial charge in [0.1, 0.15) is 5.82 Å². The van der Waals surface area contributed by atoms with Gasteiger partial charge >= 0.3 is 5.69 Å². The van der Waals surface area contributed by atoms with Crippen LogP contribution in [0.25, 0.3) is 11.0 Å². The molecule has 1 aromatic heterocycles. The van der Waals surface area contributed by atoms with Crippen molar-refractivity contribution >= 4 is 34.4 Å². The Morgan fingerprint density at radius 1 is 1.12 bits per heavy atom. The quantitative estimate of drug-likeness (QED) is 0.709. The summed E-state index contributed by atoms with van der Waals surface area (Å²) in [5, 5.41) is 3.15. The SMILES string of the molecule is CC(C)Sc1cc2c(cc1NC(=O)c1cccc(F)c1)n(C)c(=O)n2C. The number of benzene rings is 2. The van der Waals surface area contributed by atoms with Crippen LogP contribution in [-0.4, -0.2) is 20.3 Å². The minimum Gasteiger partial charge on any atom is -0.321 e. The summed E-state index contributed by atoms with van der Waals surface area (Å²) >= 11 is 1.59. The molecule has 3 rings (SSSR count). The number of carbonyl (C=O) groups excluding carboxylic acids is 1. The highest BCUT2D eigenvalue weighted by atomic mass is 32.2. The summed E-state index contributed by atoms with van der Waals surface area (Å²) < 4.78 is 16.5. The summed E-state index contributed by atoms with van der Waals surface area (Å²) in [6.07, 6.45) is 0. The maximum absolute atomic E-state index is 13.4. The maximum atomic E-state index is 13.4. The van der Waals surface area contributed by atoms with E-state index in [-0.39, 0.29) is 16.5 Å². The number of anilines is 1. The Labute approximate surface area is 154 Å². The zero-order chi connectivity index (χ0) is 19.0. The Balaban J connectivity index is 2.09. The number of hydrogen-bond acceptors (Lipinski definition) is 3. The standard InChI is InChI=1S/C19H20FN3O2S/c1-11(2)26-17-10-16-15(22(3)19(25)23(16)4)9-14(17)21-18(24)12-6-5-7-13(20)8-12/h5-11H,1-4H3,(H,21,24). The number of imidazole rings is 1. The molecule has 1 N–H and O–H groups in total. The monoisotopic (exact) mass is 373 g/mol. The first-order valence-electron chi connectivity index (χ1n) is 8.21. The van der Waals surface area contributed by atoms with Gasteiger partial charge in [0.25, 0.3) is 5.91 Å². The first-order valence-corrected chi connectivity index (χ1v) is 9.09. The summed E-state index contributed by atoms with van der Waals surface area (Å²) in [5.74, 6) is -0.856. The lowest BCUT2D eigenvalue weighted by Crippen LogP contribution is -2.19. The van der Waals surface area contributed by atoms with Gasteiger partial charge in [-0.05, 0) is 30.3 Å². The summed E-state index contributed by atoms with van der Waals surface area (Å²) in [6.45, 7) is 4.11. The van der Waals surface area contributed by atoms with E-state index in [0.29, 0.717) is 5.69 Å². The van der Waals surface area contributed by atoms with Crippen molar-refractivity contribution in [1.82, 2.24) is 9.13 Å². The second-order valence-electron chi connectivity index (χ2n) is 6.37. The van der Waals surface area contributed by atoms with E-state index in [1.807, 2.05) is 6.07 Å². The predicted molar refractivity (Wildman–Crippen MR) is 104 cm³/mol. The Morgan fingerprint density at radius 2 is 1.77 bits per heavy atom. The van der Waals surface area contributed by atoms with Crippen molar-refractivity contribution < 1.29 is 9.18 Å². The van der Waals surface area contributed by atoms with Crippen LogP contribution < -0.4 is 11.0 Å². The molecule has 2 aromatic carbocycles. The summed E-state index contributed by atoms with van der Waals surface area (Å²) in [7, 11) is 3.41. The Hall–Kier alpha value is -2.54. The molecule has 0 radical (unpaired) electrons. The number of carbonyl (C=O) groups is 1. The number of nitrogens with one attached hydrogen (secondary N) is 1. The van der Waals surface area contributed by atoms with Crippen LogP contribution in [0.15, 0.2) is 46.1 Å². The zero-order valence-corrected chi connectivity index (χ0v) is 15.9. The lowest BCUT2D eigenvalue weighted by Gasteiger charge is -2.14. The maximum Gasteiger partial charge on any atom is 0.328 e. The van der Waals surface area contributed by atoms with E-state index in [0.717, 1.165) is 15.9 Å². The van der Waals surface area contributed by atoms with Crippen LogP contribution in [-0.2, 0) is 14.1 Å². The zero-order valence-electron chi connectivity index (χ0n) is 15.0. The molecule has 0 aliphatic heterocycles. The van der Waals surface area contributed by atoms with Gasteiger partial charge in [0.2, 0.25) is 0 Å². The highest BCUT2D eigenvalue weighted by molar-refractivity contribution is 8.00. The number of thioether (sulfide) groups is 1. The molecule has 0 saturated heterocycles. The van der Waals surface area contributed by atoms with Crippen LogP contribution >= 0.6 is 11.8 Å². The molecule has 0 aliphatic rings. The van der Waals surface area contributed by atoms with E-state index < -0.39 is 11.7 Å². The summed E-state index contributed by atoms with van der Waals surface area (Å²) in [5.41, 5.74) is 2.23. The van der Waals surface area contributed by atoms with E-state index in [1.54, 1.807) is 42.6 Å². The van der Waals surface area contributed by atoms with Gasteiger partial charge in [-0.25, -0.2) is 9.18 Å². The van der Waals surface area contributed by atoms with Crippen LogP contribution in [0.2, 0.25) is 0 Å². The van der Waals surface area contributed by atoms with Crippen molar-refractivity contribution in [2.75, 3.05) is 5.32 Å². The van der Waals surface area contributed by atoms with Crippen LogP contribution in [0.5, 0.6) is 0 Å². The molecule has 5 nitrogen and oxygen atoms in total. The van der Waals surface area contributed by atoms with Crippen LogP contribution in [0.4, 0.5) is 10.1 Å². The lowest BCUT2D eigenvalue weighted by molar-refractivity contribution is 0.102. The van der Waals surface area contributed by atoms with Gasteiger partial charge in [0.15, 0.2) is 0 Å². The average molecular weight is 373 g/mol. The third kappa shape index (κ3) is 3.39. The number of halogens is 1. The smallest absolute Gasteiger partial charge is 0.321 e. The molecule has 26 heavy (non-hydrogen) atoms.